The Labute approximate surface area is 155 Å². The summed E-state index contributed by atoms with van der Waals surface area (Å²) in [7, 11) is 0. The number of hydrogen-bond acceptors (Lipinski definition) is 2. The van der Waals surface area contributed by atoms with Gasteiger partial charge in [-0.2, -0.15) is 0 Å². The zero-order valence-corrected chi connectivity index (χ0v) is 15.0. The van der Waals surface area contributed by atoms with Crippen molar-refractivity contribution in [2.24, 2.45) is 5.41 Å². The van der Waals surface area contributed by atoms with Crippen LogP contribution < -0.4 is 10.2 Å². The maximum Gasteiger partial charge on any atom is 0.242 e. The molecule has 0 saturated carbocycles. The van der Waals surface area contributed by atoms with E-state index in [1.54, 1.807) is 4.90 Å². The summed E-state index contributed by atoms with van der Waals surface area (Å²) in [5.41, 5.74) is -0.297. The summed E-state index contributed by atoms with van der Waals surface area (Å²) in [5.74, 6) is -5.79. The van der Waals surface area contributed by atoms with E-state index in [9.17, 15) is 22.8 Å². The summed E-state index contributed by atoms with van der Waals surface area (Å²) in [4.78, 5) is 27.2. The van der Waals surface area contributed by atoms with Crippen LogP contribution in [0.15, 0.2) is 36.4 Å². The average Bonchev–Trinajstić information content (AvgIpc) is 2.67. The first kappa shape index (κ1) is 18.9. The van der Waals surface area contributed by atoms with Gasteiger partial charge in [-0.3, -0.25) is 9.59 Å². The Morgan fingerprint density at radius 1 is 1.04 bits per heavy atom. The molecular formula is C20H19F3N2O2. The molecule has 2 aromatic carbocycles. The highest BCUT2D eigenvalue weighted by Crippen LogP contribution is 2.32. The van der Waals surface area contributed by atoms with E-state index in [1.807, 2.05) is 24.3 Å². The number of hydrogen-bond donors (Lipinski definition) is 1. The highest BCUT2D eigenvalue weighted by molar-refractivity contribution is 6.15. The number of carbonyl (C=O) groups excluding carboxylic acids is 2. The third kappa shape index (κ3) is 3.41. The predicted octanol–water partition coefficient (Wildman–Crippen LogP) is 4.05. The van der Waals surface area contributed by atoms with E-state index in [2.05, 4.69) is 5.32 Å². The fraction of sp³-hybridized carbons (Fsp3) is 0.300. The summed E-state index contributed by atoms with van der Waals surface area (Å²) in [6.45, 7) is 3.30. The topological polar surface area (TPSA) is 49.4 Å². The lowest BCUT2D eigenvalue weighted by atomic mass is 9.88. The molecule has 1 aliphatic rings. The van der Waals surface area contributed by atoms with E-state index in [0.717, 1.165) is 30.2 Å². The molecule has 0 radical (unpaired) electrons. The first-order valence-corrected chi connectivity index (χ1v) is 8.58. The maximum atomic E-state index is 13.8. The van der Waals surface area contributed by atoms with Gasteiger partial charge in [-0.1, -0.05) is 18.2 Å². The smallest absolute Gasteiger partial charge is 0.242 e. The molecule has 0 aromatic heterocycles. The van der Waals surface area contributed by atoms with Gasteiger partial charge in [0.1, 0.15) is 5.41 Å². The number of anilines is 2. The molecule has 0 aliphatic carbocycles. The lowest BCUT2D eigenvalue weighted by molar-refractivity contribution is -0.136. The maximum absolute atomic E-state index is 13.8. The molecule has 142 valence electrons. The van der Waals surface area contributed by atoms with Gasteiger partial charge in [0.15, 0.2) is 17.5 Å². The highest BCUT2D eigenvalue weighted by Gasteiger charge is 2.41. The second-order valence-electron chi connectivity index (χ2n) is 6.99. The van der Waals surface area contributed by atoms with E-state index >= 15 is 0 Å². The number of nitrogens with zero attached hydrogens (tertiary/aromatic N) is 1. The summed E-state index contributed by atoms with van der Waals surface area (Å²) < 4.78 is 40.3. The van der Waals surface area contributed by atoms with Gasteiger partial charge < -0.3 is 10.2 Å². The number of amides is 2. The van der Waals surface area contributed by atoms with Gasteiger partial charge in [0.25, 0.3) is 0 Å². The average molecular weight is 376 g/mol. The van der Waals surface area contributed by atoms with Crippen molar-refractivity contribution >= 4 is 23.2 Å². The highest BCUT2D eigenvalue weighted by atomic mass is 19.2. The lowest BCUT2D eigenvalue weighted by Gasteiger charge is -2.35. The van der Waals surface area contributed by atoms with E-state index < -0.39 is 40.4 Å². The fourth-order valence-corrected chi connectivity index (χ4v) is 3.08. The fourth-order valence-electron chi connectivity index (χ4n) is 3.08. The van der Waals surface area contributed by atoms with Gasteiger partial charge in [-0.15, -0.1) is 0 Å². The second kappa shape index (κ2) is 7.06. The van der Waals surface area contributed by atoms with Crippen LogP contribution in [0.5, 0.6) is 0 Å². The summed E-state index contributed by atoms with van der Waals surface area (Å²) in [5, 5.41) is 2.19. The molecule has 4 nitrogen and oxygen atoms in total. The van der Waals surface area contributed by atoms with Crippen LogP contribution >= 0.6 is 0 Å². The van der Waals surface area contributed by atoms with Crippen molar-refractivity contribution < 1.29 is 22.8 Å². The summed E-state index contributed by atoms with van der Waals surface area (Å²) in [6.07, 6.45) is 1.60. The zero-order chi connectivity index (χ0) is 19.8. The van der Waals surface area contributed by atoms with Crippen molar-refractivity contribution in [2.45, 2.75) is 26.7 Å². The minimum absolute atomic E-state index is 0.449. The molecule has 7 heteroatoms. The minimum Gasteiger partial charge on any atom is -0.323 e. The van der Waals surface area contributed by atoms with Crippen LogP contribution in [-0.2, 0) is 16.0 Å². The Morgan fingerprint density at radius 3 is 2.48 bits per heavy atom. The third-order valence-electron chi connectivity index (χ3n) is 4.74. The Balaban J connectivity index is 1.85. The number of fused-ring (bicyclic) bond motifs is 1. The van der Waals surface area contributed by atoms with Gasteiger partial charge in [0, 0.05) is 12.2 Å². The van der Waals surface area contributed by atoms with Gasteiger partial charge in [-0.25, -0.2) is 13.2 Å². The minimum atomic E-state index is -1.68. The third-order valence-corrected chi connectivity index (χ3v) is 4.74. The normalized spacial score (nSPS) is 13.9. The van der Waals surface area contributed by atoms with E-state index in [4.69, 9.17) is 0 Å². The van der Waals surface area contributed by atoms with Crippen molar-refractivity contribution in [1.82, 2.24) is 0 Å². The molecule has 0 spiro atoms. The molecule has 0 unspecified atom stereocenters. The second-order valence-corrected chi connectivity index (χ2v) is 6.99. The van der Waals surface area contributed by atoms with Crippen LogP contribution in [0.2, 0.25) is 0 Å². The number of para-hydroxylation sites is 1. The molecule has 0 saturated heterocycles. The van der Waals surface area contributed by atoms with Gasteiger partial charge >= 0.3 is 0 Å². The van der Waals surface area contributed by atoms with E-state index in [-0.39, 0.29) is 0 Å². The first-order valence-electron chi connectivity index (χ1n) is 8.58. The molecule has 0 fully saturated rings. The van der Waals surface area contributed by atoms with Crippen molar-refractivity contribution in [3.63, 3.8) is 0 Å². The van der Waals surface area contributed by atoms with Crippen molar-refractivity contribution in [3.8, 4) is 0 Å². The molecule has 27 heavy (non-hydrogen) atoms. The number of nitrogens with one attached hydrogen (secondary N) is 1. The Bertz CT molecular complexity index is 912. The van der Waals surface area contributed by atoms with Crippen molar-refractivity contribution in [3.05, 3.63) is 59.4 Å². The SMILES string of the molecule is CC(C)(C(=O)Nc1ccc(F)c(F)c1F)C(=O)N1CCCc2ccccc21. The molecule has 0 bridgehead atoms. The van der Waals surface area contributed by atoms with Crippen LogP contribution in [0.1, 0.15) is 25.8 Å². The molecule has 1 heterocycles. The van der Waals surface area contributed by atoms with Crippen LogP contribution in [-0.4, -0.2) is 18.4 Å². The predicted molar refractivity (Wildman–Crippen MR) is 95.8 cm³/mol. The Kier molecular flexibility index (Phi) is 4.95. The Hall–Kier alpha value is -2.83. The molecule has 1 aliphatic heterocycles. The zero-order valence-electron chi connectivity index (χ0n) is 15.0. The van der Waals surface area contributed by atoms with Gasteiger partial charge in [0.05, 0.1) is 5.69 Å². The van der Waals surface area contributed by atoms with Crippen molar-refractivity contribution in [1.29, 1.82) is 0 Å². The molecule has 1 N–H and O–H groups in total. The molecule has 2 amide bonds. The van der Waals surface area contributed by atoms with Crippen LogP contribution in [0.25, 0.3) is 0 Å². The quantitative estimate of drug-likeness (QED) is 0.649. The Morgan fingerprint density at radius 2 is 1.74 bits per heavy atom. The lowest BCUT2D eigenvalue weighted by Crippen LogP contribution is -2.49. The number of halogens is 3. The number of benzene rings is 2. The van der Waals surface area contributed by atoms with Gasteiger partial charge in [-0.05, 0) is 50.5 Å². The van der Waals surface area contributed by atoms with Crippen molar-refractivity contribution in [2.75, 3.05) is 16.8 Å². The van der Waals surface area contributed by atoms with Crippen LogP contribution in [0.4, 0.5) is 24.5 Å². The molecule has 3 rings (SSSR count). The molecular weight excluding hydrogens is 357 g/mol. The standard InChI is InChI=1S/C20H19F3N2O2/c1-20(2,18(26)24-14-10-9-13(21)16(22)17(14)23)19(27)25-11-5-7-12-6-3-4-8-15(12)25/h3-4,6,8-10H,5,7,11H2,1-2H3,(H,24,26). The summed E-state index contributed by atoms with van der Waals surface area (Å²) in [6, 6.07) is 9.07. The van der Waals surface area contributed by atoms with Crippen LogP contribution in [0.3, 0.4) is 0 Å². The van der Waals surface area contributed by atoms with E-state index in [0.29, 0.717) is 12.6 Å². The molecule has 0 atom stereocenters. The van der Waals surface area contributed by atoms with Crippen LogP contribution in [0, 0.1) is 22.9 Å². The summed E-state index contributed by atoms with van der Waals surface area (Å²) >= 11 is 0. The monoisotopic (exact) mass is 376 g/mol. The largest absolute Gasteiger partial charge is 0.323 e. The van der Waals surface area contributed by atoms with E-state index in [1.165, 1.54) is 13.8 Å². The van der Waals surface area contributed by atoms with Gasteiger partial charge in [0.2, 0.25) is 11.8 Å². The molecule has 2 aromatic rings. The number of rotatable bonds is 3. The number of carbonyl (C=O) groups is 2. The number of aryl methyl sites for hydroxylation is 1. The first-order chi connectivity index (χ1) is 12.7.